The van der Waals surface area contributed by atoms with Crippen molar-refractivity contribution in [3.63, 3.8) is 0 Å². The third kappa shape index (κ3) is 4.85. The Morgan fingerprint density at radius 1 is 1.09 bits per heavy atom. The van der Waals surface area contributed by atoms with Gasteiger partial charge in [-0.2, -0.15) is 4.98 Å². The van der Waals surface area contributed by atoms with Crippen molar-refractivity contribution in [1.82, 2.24) is 19.4 Å². The van der Waals surface area contributed by atoms with Gasteiger partial charge in [-0.05, 0) is 50.1 Å². The molecule has 1 amide bonds. The molecule has 4 N–H and O–H groups in total. The Hall–Kier alpha value is -2.75. The van der Waals surface area contributed by atoms with E-state index in [1.807, 2.05) is 23.1 Å². The van der Waals surface area contributed by atoms with E-state index in [9.17, 15) is 9.59 Å². The molecular weight excluding hydrogens is 406 g/mol. The zero-order chi connectivity index (χ0) is 22.9. The number of nitrogens with two attached hydrogens (primary N) is 2. The number of carbonyl (C=O) groups is 1. The highest BCUT2D eigenvalue weighted by Crippen LogP contribution is 2.19. The van der Waals surface area contributed by atoms with E-state index in [-0.39, 0.29) is 11.6 Å². The predicted octanol–water partition coefficient (Wildman–Crippen LogP) is 0.00890. The zero-order valence-electron chi connectivity index (χ0n) is 18.9. The fraction of sp³-hybridized carbons (Fsp3) is 0.522. The van der Waals surface area contributed by atoms with Crippen LogP contribution in [-0.4, -0.2) is 76.6 Å². The van der Waals surface area contributed by atoms with Crippen LogP contribution in [0.4, 0.5) is 5.82 Å². The van der Waals surface area contributed by atoms with Crippen LogP contribution in [0, 0.1) is 5.92 Å². The van der Waals surface area contributed by atoms with Crippen LogP contribution in [-0.2, 0) is 11.3 Å². The Morgan fingerprint density at radius 3 is 2.31 bits per heavy atom. The molecule has 2 aliphatic rings. The summed E-state index contributed by atoms with van der Waals surface area (Å²) in [6.45, 7) is 9.56. The number of nitrogens with zero attached hydrogens (tertiary/aromatic N) is 5. The molecule has 3 heterocycles. The molecule has 2 fully saturated rings. The summed E-state index contributed by atoms with van der Waals surface area (Å²) in [4.78, 5) is 35.5. The number of aromatic nitrogens is 2. The van der Waals surface area contributed by atoms with Crippen LogP contribution >= 0.6 is 0 Å². The van der Waals surface area contributed by atoms with Gasteiger partial charge in [-0.25, -0.2) is 4.79 Å². The van der Waals surface area contributed by atoms with Gasteiger partial charge in [-0.1, -0.05) is 12.1 Å². The maximum atomic E-state index is 12.7. The van der Waals surface area contributed by atoms with E-state index in [1.165, 1.54) is 5.56 Å². The second kappa shape index (κ2) is 9.01. The van der Waals surface area contributed by atoms with Gasteiger partial charge in [-0.3, -0.25) is 14.3 Å². The monoisotopic (exact) mass is 439 g/mol. The maximum absolute atomic E-state index is 12.7. The second-order valence-corrected chi connectivity index (χ2v) is 9.40. The third-order valence-corrected chi connectivity index (χ3v) is 6.22. The Bertz CT molecular complexity index is 998. The number of carbonyl (C=O) groups excluding carboxylic acids is 1. The first-order chi connectivity index (χ1) is 15.2. The van der Waals surface area contributed by atoms with Crippen molar-refractivity contribution >= 4 is 11.7 Å². The van der Waals surface area contributed by atoms with Gasteiger partial charge >= 0.3 is 5.69 Å². The number of hydrogen-bond donors (Lipinski definition) is 2. The number of amides is 1. The van der Waals surface area contributed by atoms with E-state index in [2.05, 4.69) is 22.0 Å². The van der Waals surface area contributed by atoms with Crippen LogP contribution in [0.1, 0.15) is 19.4 Å². The fourth-order valence-electron chi connectivity index (χ4n) is 4.29. The highest BCUT2D eigenvalue weighted by Gasteiger charge is 2.30. The normalized spacial score (nSPS) is 18.0. The van der Waals surface area contributed by atoms with Gasteiger partial charge in [0.2, 0.25) is 5.91 Å². The molecule has 2 saturated heterocycles. The summed E-state index contributed by atoms with van der Waals surface area (Å²) >= 11 is 0. The Morgan fingerprint density at radius 2 is 1.75 bits per heavy atom. The van der Waals surface area contributed by atoms with Crippen LogP contribution in [0.25, 0.3) is 5.69 Å². The first kappa shape index (κ1) is 22.4. The Balaban J connectivity index is 1.37. The lowest BCUT2D eigenvalue weighted by Crippen LogP contribution is -2.57. The Labute approximate surface area is 188 Å². The van der Waals surface area contributed by atoms with Gasteiger partial charge < -0.3 is 21.3 Å². The van der Waals surface area contributed by atoms with Crippen LogP contribution in [0.15, 0.2) is 41.3 Å². The lowest BCUT2D eigenvalue weighted by atomic mass is 9.99. The molecule has 32 heavy (non-hydrogen) atoms. The summed E-state index contributed by atoms with van der Waals surface area (Å²) in [6.07, 6.45) is 1.77. The molecule has 0 saturated carbocycles. The molecule has 2 aromatic rings. The zero-order valence-corrected chi connectivity index (χ0v) is 18.9. The fourth-order valence-corrected chi connectivity index (χ4v) is 4.29. The highest BCUT2D eigenvalue weighted by atomic mass is 16.2. The van der Waals surface area contributed by atoms with E-state index < -0.39 is 5.54 Å². The summed E-state index contributed by atoms with van der Waals surface area (Å²) in [5.41, 5.74) is 12.4. The molecule has 0 unspecified atom stereocenters. The van der Waals surface area contributed by atoms with Gasteiger partial charge in [0.15, 0.2) is 0 Å². The molecule has 9 nitrogen and oxygen atoms in total. The number of rotatable bonds is 6. The average molecular weight is 440 g/mol. The molecule has 0 bridgehead atoms. The summed E-state index contributed by atoms with van der Waals surface area (Å²) < 4.78 is 1.55. The van der Waals surface area contributed by atoms with Crippen LogP contribution in [0.3, 0.4) is 0 Å². The number of hydrogen-bond acceptors (Lipinski definition) is 7. The molecule has 9 heteroatoms. The molecule has 0 spiro atoms. The second-order valence-electron chi connectivity index (χ2n) is 9.40. The molecule has 0 radical (unpaired) electrons. The highest BCUT2D eigenvalue weighted by molar-refractivity contribution is 5.85. The Kier molecular flexibility index (Phi) is 6.32. The minimum absolute atomic E-state index is 0.0581. The standard InChI is InChI=1S/C23H33N7O2/c1-23(2,25)21(31)29-11-9-28(10-12-29)20-7-8-30(22(32)26-20)19-5-3-17(4-6-19)14-27-15-18(13-24)16-27/h3-8,18H,9-16,24-25H2,1-2H3. The molecule has 1 aromatic carbocycles. The van der Waals surface area contributed by atoms with E-state index in [1.54, 1.807) is 29.5 Å². The summed E-state index contributed by atoms with van der Waals surface area (Å²) in [7, 11) is 0. The van der Waals surface area contributed by atoms with Gasteiger partial charge in [0.05, 0.1) is 11.2 Å². The molecule has 4 rings (SSSR count). The lowest BCUT2D eigenvalue weighted by Gasteiger charge is -2.38. The lowest BCUT2D eigenvalue weighted by molar-refractivity contribution is -0.136. The molecule has 0 atom stereocenters. The van der Waals surface area contributed by atoms with Gasteiger partial charge in [-0.15, -0.1) is 0 Å². The number of benzene rings is 1. The maximum Gasteiger partial charge on any atom is 0.354 e. The smallest absolute Gasteiger partial charge is 0.353 e. The van der Waals surface area contributed by atoms with Crippen LogP contribution in [0.2, 0.25) is 0 Å². The van der Waals surface area contributed by atoms with Crippen molar-refractivity contribution < 1.29 is 4.79 Å². The SMILES string of the molecule is CC(C)(N)C(=O)N1CCN(c2ccn(-c3ccc(CN4CC(CN)C4)cc3)c(=O)n2)CC1. The molecule has 172 valence electrons. The number of likely N-dealkylation sites (tertiary alicyclic amines) is 1. The largest absolute Gasteiger partial charge is 0.354 e. The topological polar surface area (TPSA) is 114 Å². The third-order valence-electron chi connectivity index (χ3n) is 6.22. The van der Waals surface area contributed by atoms with Gasteiger partial charge in [0, 0.05) is 52.0 Å². The molecule has 1 aromatic heterocycles. The van der Waals surface area contributed by atoms with Crippen LogP contribution in [0.5, 0.6) is 0 Å². The van der Waals surface area contributed by atoms with E-state index in [4.69, 9.17) is 11.5 Å². The first-order valence-electron chi connectivity index (χ1n) is 11.2. The van der Waals surface area contributed by atoms with Gasteiger partial charge in [0.25, 0.3) is 0 Å². The molecular formula is C23H33N7O2. The van der Waals surface area contributed by atoms with Crippen molar-refractivity contribution in [2.45, 2.75) is 25.9 Å². The summed E-state index contributed by atoms with van der Waals surface area (Å²) in [5, 5.41) is 0. The summed E-state index contributed by atoms with van der Waals surface area (Å²) in [6, 6.07) is 9.88. The van der Waals surface area contributed by atoms with E-state index in [0.717, 1.165) is 31.9 Å². The molecule has 2 aliphatic heterocycles. The average Bonchev–Trinajstić information content (AvgIpc) is 2.75. The first-order valence-corrected chi connectivity index (χ1v) is 11.2. The quantitative estimate of drug-likeness (QED) is 0.652. The summed E-state index contributed by atoms with van der Waals surface area (Å²) in [5.74, 6) is 1.19. The predicted molar refractivity (Wildman–Crippen MR) is 125 cm³/mol. The minimum Gasteiger partial charge on any atom is -0.353 e. The van der Waals surface area contributed by atoms with Crippen molar-refractivity contribution in [3.05, 3.63) is 52.6 Å². The number of anilines is 1. The minimum atomic E-state index is -0.876. The van der Waals surface area contributed by atoms with E-state index in [0.29, 0.717) is 37.9 Å². The molecule has 0 aliphatic carbocycles. The van der Waals surface area contributed by atoms with Crippen LogP contribution < -0.4 is 22.1 Å². The van der Waals surface area contributed by atoms with E-state index >= 15 is 0 Å². The number of piperazine rings is 1. The van der Waals surface area contributed by atoms with Gasteiger partial charge in [0.1, 0.15) is 5.82 Å². The van der Waals surface area contributed by atoms with Crippen molar-refractivity contribution in [2.24, 2.45) is 17.4 Å². The van der Waals surface area contributed by atoms with Crippen molar-refractivity contribution in [1.29, 1.82) is 0 Å². The van der Waals surface area contributed by atoms with Crippen molar-refractivity contribution in [2.75, 3.05) is 50.7 Å². The van der Waals surface area contributed by atoms with Crippen molar-refractivity contribution in [3.8, 4) is 5.69 Å².